The zero-order valence-electron chi connectivity index (χ0n) is 15.9. The van der Waals surface area contributed by atoms with Gasteiger partial charge in [0, 0.05) is 12.5 Å². The normalized spacial score (nSPS) is 23.4. The van der Waals surface area contributed by atoms with Crippen molar-refractivity contribution in [2.24, 2.45) is 0 Å². The number of hydrogen-bond donors (Lipinski definition) is 3. The monoisotopic (exact) mass is 413 g/mol. The van der Waals surface area contributed by atoms with E-state index < -0.39 is 30.5 Å². The summed E-state index contributed by atoms with van der Waals surface area (Å²) in [4.78, 5) is 35.9. The van der Waals surface area contributed by atoms with Gasteiger partial charge in [0.05, 0.1) is 6.33 Å². The zero-order valence-corrected chi connectivity index (χ0v) is 15.9. The van der Waals surface area contributed by atoms with E-state index in [0.717, 1.165) is 0 Å². The topological polar surface area (TPSA) is 149 Å². The highest BCUT2D eigenvalue weighted by atomic mass is 16.6. The van der Waals surface area contributed by atoms with Crippen LogP contribution in [0.1, 0.15) is 23.5 Å². The summed E-state index contributed by atoms with van der Waals surface area (Å²) in [5.41, 5.74) is 1.03. The number of nitrogens with one attached hydrogen (secondary N) is 1. The fourth-order valence-corrected chi connectivity index (χ4v) is 3.20. The van der Waals surface area contributed by atoms with E-state index >= 15 is 0 Å². The number of amides is 1. The maximum atomic E-state index is 12.4. The second-order valence-corrected chi connectivity index (χ2v) is 6.72. The van der Waals surface area contributed by atoms with Crippen molar-refractivity contribution in [1.29, 1.82) is 0 Å². The van der Waals surface area contributed by atoms with E-state index in [9.17, 15) is 19.8 Å². The van der Waals surface area contributed by atoms with E-state index in [1.54, 1.807) is 30.3 Å². The lowest BCUT2D eigenvalue weighted by atomic mass is 10.1. The molecule has 3 aromatic rings. The lowest BCUT2D eigenvalue weighted by molar-refractivity contribution is -0.147. The molecule has 0 bridgehead atoms. The Labute approximate surface area is 170 Å². The summed E-state index contributed by atoms with van der Waals surface area (Å²) in [6, 6.07) is 8.63. The van der Waals surface area contributed by atoms with E-state index in [0.29, 0.717) is 5.56 Å². The molecule has 0 aliphatic carbocycles. The van der Waals surface area contributed by atoms with Crippen LogP contribution in [0.4, 0.5) is 5.82 Å². The first-order valence-corrected chi connectivity index (χ1v) is 9.14. The number of anilines is 1. The molecule has 1 fully saturated rings. The van der Waals surface area contributed by atoms with Gasteiger partial charge in [-0.15, -0.1) is 0 Å². The highest BCUT2D eigenvalue weighted by Gasteiger charge is 2.44. The Morgan fingerprint density at radius 1 is 1.17 bits per heavy atom. The van der Waals surface area contributed by atoms with Gasteiger partial charge in [0.2, 0.25) is 0 Å². The molecule has 1 aliphatic heterocycles. The summed E-state index contributed by atoms with van der Waals surface area (Å²) in [5, 5.41) is 23.3. The molecule has 1 aliphatic rings. The number of ether oxygens (including phenoxy) is 2. The maximum Gasteiger partial charge on any atom is 0.302 e. The van der Waals surface area contributed by atoms with Crippen molar-refractivity contribution < 1.29 is 29.3 Å². The lowest BCUT2D eigenvalue weighted by Gasteiger charge is -2.16. The van der Waals surface area contributed by atoms with Crippen LogP contribution in [0, 0.1) is 0 Å². The fourth-order valence-electron chi connectivity index (χ4n) is 3.20. The molecule has 2 aromatic heterocycles. The number of carbonyl (C=O) groups excluding carboxylic acids is 2. The molecule has 0 saturated carbocycles. The van der Waals surface area contributed by atoms with Crippen molar-refractivity contribution in [2.75, 3.05) is 11.9 Å². The minimum atomic E-state index is -1.31. The minimum absolute atomic E-state index is 0.192. The molecule has 11 heteroatoms. The first kappa shape index (κ1) is 19.9. The molecule has 30 heavy (non-hydrogen) atoms. The zero-order chi connectivity index (χ0) is 21.3. The predicted octanol–water partition coefficient (Wildman–Crippen LogP) is 0.261. The van der Waals surface area contributed by atoms with Gasteiger partial charge in [-0.2, -0.15) is 0 Å². The second-order valence-electron chi connectivity index (χ2n) is 6.72. The summed E-state index contributed by atoms with van der Waals surface area (Å²) in [6.07, 6.45) is -1.89. The van der Waals surface area contributed by atoms with Crippen molar-refractivity contribution in [1.82, 2.24) is 19.5 Å². The highest BCUT2D eigenvalue weighted by molar-refractivity contribution is 6.06. The van der Waals surface area contributed by atoms with Gasteiger partial charge in [0.1, 0.15) is 31.2 Å². The first-order chi connectivity index (χ1) is 14.5. The first-order valence-electron chi connectivity index (χ1n) is 9.14. The van der Waals surface area contributed by atoms with E-state index in [2.05, 4.69) is 20.3 Å². The van der Waals surface area contributed by atoms with E-state index in [-0.39, 0.29) is 29.5 Å². The standard InChI is InChI=1S/C19H19N5O6/c1-10(25)29-7-12-14(26)15(27)19(30-12)24-9-22-13-16(20-8-21-17(13)24)23-18(28)11-5-3-2-4-6-11/h2-6,8-9,12,14-15,19,26-27H,7H2,1H3,(H,20,21,23,28)/t12-,14-,15-,19-/m1/s1. The van der Waals surface area contributed by atoms with Crippen LogP contribution in [-0.4, -0.2) is 66.5 Å². The van der Waals surface area contributed by atoms with Gasteiger partial charge in [-0.1, -0.05) is 18.2 Å². The van der Waals surface area contributed by atoms with Gasteiger partial charge in [-0.25, -0.2) is 15.0 Å². The van der Waals surface area contributed by atoms with E-state index in [1.165, 1.54) is 24.1 Å². The Morgan fingerprint density at radius 2 is 1.93 bits per heavy atom. The number of aliphatic hydroxyl groups excluding tert-OH is 2. The van der Waals surface area contributed by atoms with Gasteiger partial charge in [-0.05, 0) is 12.1 Å². The number of fused-ring (bicyclic) bond motifs is 1. The van der Waals surface area contributed by atoms with Crippen molar-refractivity contribution >= 4 is 28.9 Å². The Kier molecular flexibility index (Phi) is 5.40. The highest BCUT2D eigenvalue weighted by Crippen LogP contribution is 2.32. The third-order valence-electron chi connectivity index (χ3n) is 4.69. The summed E-state index contributed by atoms with van der Waals surface area (Å²) >= 11 is 0. The second kappa shape index (κ2) is 8.14. The van der Waals surface area contributed by atoms with Gasteiger partial charge < -0.3 is 25.0 Å². The summed E-state index contributed by atoms with van der Waals surface area (Å²) in [6.45, 7) is 1.03. The number of carbonyl (C=O) groups is 2. The van der Waals surface area contributed by atoms with Crippen LogP contribution in [0.2, 0.25) is 0 Å². The number of aromatic nitrogens is 4. The van der Waals surface area contributed by atoms with Crippen molar-refractivity contribution in [3.05, 3.63) is 48.5 Å². The summed E-state index contributed by atoms with van der Waals surface area (Å²) in [7, 11) is 0. The molecule has 11 nitrogen and oxygen atoms in total. The van der Waals surface area contributed by atoms with Crippen molar-refractivity contribution in [3.8, 4) is 0 Å². The molecule has 1 aromatic carbocycles. The molecular weight excluding hydrogens is 394 g/mol. The molecule has 0 unspecified atom stereocenters. The third-order valence-corrected chi connectivity index (χ3v) is 4.69. The molecule has 4 rings (SSSR count). The number of esters is 1. The average Bonchev–Trinajstić information content (AvgIpc) is 3.29. The van der Waals surface area contributed by atoms with Gasteiger partial charge >= 0.3 is 5.97 Å². The smallest absolute Gasteiger partial charge is 0.302 e. The Hall–Kier alpha value is -3.41. The van der Waals surface area contributed by atoms with Crippen LogP contribution in [0.15, 0.2) is 43.0 Å². The average molecular weight is 413 g/mol. The van der Waals surface area contributed by atoms with Crippen LogP contribution in [0.5, 0.6) is 0 Å². The SMILES string of the molecule is CC(=O)OC[C@H]1O[C@@H](n2cnc3c(NC(=O)c4ccccc4)ncnc32)[C@H](O)[C@@H]1O. The van der Waals surface area contributed by atoms with E-state index in [4.69, 9.17) is 9.47 Å². The molecule has 1 amide bonds. The van der Waals surface area contributed by atoms with Gasteiger partial charge in [-0.3, -0.25) is 14.2 Å². The van der Waals surface area contributed by atoms with Gasteiger partial charge in [0.15, 0.2) is 23.2 Å². The van der Waals surface area contributed by atoms with Crippen LogP contribution in [0.25, 0.3) is 11.2 Å². The number of nitrogens with zero attached hydrogens (tertiary/aromatic N) is 4. The van der Waals surface area contributed by atoms with Crippen molar-refractivity contribution in [3.63, 3.8) is 0 Å². The molecular formula is C19H19N5O6. The number of rotatable bonds is 5. The van der Waals surface area contributed by atoms with Crippen LogP contribution >= 0.6 is 0 Å². The quantitative estimate of drug-likeness (QED) is 0.501. The number of benzene rings is 1. The molecule has 156 valence electrons. The van der Waals surface area contributed by atoms with Crippen LogP contribution in [-0.2, 0) is 14.3 Å². The maximum absolute atomic E-state index is 12.4. The molecule has 4 atom stereocenters. The minimum Gasteiger partial charge on any atom is -0.463 e. The third kappa shape index (κ3) is 3.73. The van der Waals surface area contributed by atoms with Crippen LogP contribution in [0.3, 0.4) is 0 Å². The van der Waals surface area contributed by atoms with Crippen molar-refractivity contribution in [2.45, 2.75) is 31.5 Å². The molecule has 0 radical (unpaired) electrons. The Balaban J connectivity index is 1.59. The molecule has 1 saturated heterocycles. The number of hydrogen-bond acceptors (Lipinski definition) is 9. The Bertz CT molecular complexity index is 1070. The molecule has 0 spiro atoms. The molecule has 3 heterocycles. The molecule has 3 N–H and O–H groups in total. The predicted molar refractivity (Wildman–Crippen MR) is 102 cm³/mol. The fraction of sp³-hybridized carbons (Fsp3) is 0.316. The Morgan fingerprint density at radius 3 is 2.67 bits per heavy atom. The lowest BCUT2D eigenvalue weighted by Crippen LogP contribution is -2.34. The largest absolute Gasteiger partial charge is 0.463 e. The summed E-state index contributed by atoms with van der Waals surface area (Å²) in [5.74, 6) is -0.695. The number of aliphatic hydroxyl groups is 2. The van der Waals surface area contributed by atoms with E-state index in [1.807, 2.05) is 0 Å². The van der Waals surface area contributed by atoms with Crippen LogP contribution < -0.4 is 5.32 Å². The van der Waals surface area contributed by atoms with Gasteiger partial charge in [0.25, 0.3) is 5.91 Å². The summed E-state index contributed by atoms with van der Waals surface area (Å²) < 4.78 is 12.0. The number of imidazole rings is 1.